The molecule has 0 N–H and O–H groups in total. The van der Waals surface area contributed by atoms with Crippen LogP contribution in [0, 0.1) is 5.82 Å². The molecule has 0 bridgehead atoms. The normalized spacial score (nSPS) is 15.6. The first kappa shape index (κ1) is 23.3. The van der Waals surface area contributed by atoms with Crippen molar-refractivity contribution in [1.29, 1.82) is 0 Å². The molecule has 0 atom stereocenters. The number of carbonyl (C=O) groups is 1. The highest BCUT2D eigenvalue weighted by Crippen LogP contribution is 2.33. The van der Waals surface area contributed by atoms with E-state index in [-0.39, 0.29) is 29.6 Å². The summed E-state index contributed by atoms with van der Waals surface area (Å²) >= 11 is 0. The summed E-state index contributed by atoms with van der Waals surface area (Å²) in [5, 5.41) is 4.04. The number of rotatable bonds is 5. The van der Waals surface area contributed by atoms with Gasteiger partial charge in [-0.2, -0.15) is 5.10 Å². The molecule has 1 saturated heterocycles. The third kappa shape index (κ3) is 4.46. The first-order valence-corrected chi connectivity index (χ1v) is 11.8. The predicted octanol–water partition coefficient (Wildman–Crippen LogP) is 4.16. The van der Waals surface area contributed by atoms with E-state index in [1.165, 1.54) is 36.5 Å². The molecule has 4 aromatic rings. The van der Waals surface area contributed by atoms with Crippen LogP contribution < -0.4 is 9.47 Å². The third-order valence-corrected chi connectivity index (χ3v) is 6.60. The molecular weight excluding hydrogens is 487 g/mol. The summed E-state index contributed by atoms with van der Waals surface area (Å²) in [5.74, 6) is 0.701. The Bertz CT molecular complexity index is 1470. The monoisotopic (exact) mass is 509 g/mol. The number of aromatic nitrogens is 3. The van der Waals surface area contributed by atoms with Crippen molar-refractivity contribution in [3.8, 4) is 22.8 Å². The SMILES string of the molecule is O=C(c1cnn2c(C(F)F)cc(-c3ccc(F)cc3)nc12)N1CCN(Cc2ccc3c(c2)OCO3)CC1. The van der Waals surface area contributed by atoms with Crippen LogP contribution in [0.15, 0.2) is 54.7 Å². The van der Waals surface area contributed by atoms with Gasteiger partial charge in [0, 0.05) is 38.3 Å². The fourth-order valence-corrected chi connectivity index (χ4v) is 4.64. The Kier molecular flexibility index (Phi) is 5.91. The number of fused-ring (bicyclic) bond motifs is 2. The zero-order valence-corrected chi connectivity index (χ0v) is 19.6. The van der Waals surface area contributed by atoms with E-state index < -0.39 is 17.9 Å². The Morgan fingerprint density at radius 2 is 1.73 bits per heavy atom. The Morgan fingerprint density at radius 3 is 2.49 bits per heavy atom. The van der Waals surface area contributed by atoms with Crippen LogP contribution >= 0.6 is 0 Å². The van der Waals surface area contributed by atoms with Crippen LogP contribution in [0.25, 0.3) is 16.9 Å². The van der Waals surface area contributed by atoms with Crippen molar-refractivity contribution in [2.45, 2.75) is 13.0 Å². The van der Waals surface area contributed by atoms with Crippen molar-refractivity contribution in [2.75, 3.05) is 33.0 Å². The van der Waals surface area contributed by atoms with Crippen molar-refractivity contribution < 1.29 is 27.4 Å². The lowest BCUT2D eigenvalue weighted by molar-refractivity contribution is 0.0630. The van der Waals surface area contributed by atoms with E-state index in [0.29, 0.717) is 38.3 Å². The smallest absolute Gasteiger partial charge is 0.280 e. The van der Waals surface area contributed by atoms with Gasteiger partial charge < -0.3 is 14.4 Å². The molecule has 1 fully saturated rings. The van der Waals surface area contributed by atoms with Crippen LogP contribution in [-0.2, 0) is 6.54 Å². The number of hydrogen-bond donors (Lipinski definition) is 0. The zero-order valence-electron chi connectivity index (χ0n) is 19.6. The lowest BCUT2D eigenvalue weighted by Crippen LogP contribution is -2.48. The standard InChI is InChI=1S/C26H22F3N5O3/c27-18-4-2-17(3-5-18)20-12-21(24(28)29)34-25(31-20)19(13-30-34)26(35)33-9-7-32(8-10-33)14-16-1-6-22-23(11-16)37-15-36-22/h1-6,11-13,24H,7-10,14-15H2. The number of hydrogen-bond acceptors (Lipinski definition) is 6. The highest BCUT2D eigenvalue weighted by Gasteiger charge is 2.27. The van der Waals surface area contributed by atoms with Gasteiger partial charge in [-0.25, -0.2) is 22.7 Å². The van der Waals surface area contributed by atoms with E-state index in [2.05, 4.69) is 15.0 Å². The maximum atomic E-state index is 13.9. The van der Waals surface area contributed by atoms with Crippen molar-refractivity contribution in [1.82, 2.24) is 24.4 Å². The first-order chi connectivity index (χ1) is 18.0. The van der Waals surface area contributed by atoms with Crippen molar-refractivity contribution in [3.63, 3.8) is 0 Å². The van der Waals surface area contributed by atoms with Gasteiger partial charge in [-0.15, -0.1) is 0 Å². The minimum absolute atomic E-state index is 0.0462. The second-order valence-electron chi connectivity index (χ2n) is 8.92. The third-order valence-electron chi connectivity index (χ3n) is 6.60. The Balaban J connectivity index is 1.21. The number of ether oxygens (including phenoxy) is 2. The quantitative estimate of drug-likeness (QED) is 0.403. The summed E-state index contributed by atoms with van der Waals surface area (Å²) in [7, 11) is 0. The molecule has 2 aliphatic rings. The summed E-state index contributed by atoms with van der Waals surface area (Å²) < 4.78 is 52.9. The predicted molar refractivity (Wildman–Crippen MR) is 127 cm³/mol. The lowest BCUT2D eigenvalue weighted by Gasteiger charge is -2.34. The van der Waals surface area contributed by atoms with Crippen molar-refractivity contribution in [2.24, 2.45) is 0 Å². The molecule has 2 aromatic carbocycles. The summed E-state index contributed by atoms with van der Waals surface area (Å²) in [6.45, 7) is 3.17. The maximum absolute atomic E-state index is 13.9. The fraction of sp³-hybridized carbons (Fsp3) is 0.269. The highest BCUT2D eigenvalue weighted by molar-refractivity contribution is 6.00. The summed E-state index contributed by atoms with van der Waals surface area (Å²) in [5.41, 5.74) is 1.56. The number of halogens is 3. The van der Waals surface area contributed by atoms with E-state index in [4.69, 9.17) is 9.47 Å². The topological polar surface area (TPSA) is 72.2 Å². The molecule has 11 heteroatoms. The van der Waals surface area contributed by atoms with Crippen LogP contribution in [0.4, 0.5) is 13.2 Å². The number of alkyl halides is 2. The van der Waals surface area contributed by atoms with Gasteiger partial charge in [-0.1, -0.05) is 6.07 Å². The van der Waals surface area contributed by atoms with E-state index >= 15 is 0 Å². The molecule has 0 aliphatic carbocycles. The van der Waals surface area contributed by atoms with Gasteiger partial charge in [0.2, 0.25) is 6.79 Å². The number of nitrogens with zero attached hydrogens (tertiary/aromatic N) is 5. The first-order valence-electron chi connectivity index (χ1n) is 11.8. The molecule has 190 valence electrons. The molecule has 0 saturated carbocycles. The van der Waals surface area contributed by atoms with Gasteiger partial charge in [0.25, 0.3) is 12.3 Å². The molecule has 0 unspecified atom stereocenters. The molecule has 4 heterocycles. The molecule has 1 amide bonds. The molecular formula is C26H22F3N5O3. The van der Waals surface area contributed by atoms with Crippen LogP contribution in [0.5, 0.6) is 11.5 Å². The van der Waals surface area contributed by atoms with Crippen LogP contribution in [0.2, 0.25) is 0 Å². The second kappa shape index (κ2) is 9.40. The van der Waals surface area contributed by atoms with E-state index in [0.717, 1.165) is 21.6 Å². The number of carbonyl (C=O) groups excluding carboxylic acids is 1. The largest absolute Gasteiger partial charge is 0.454 e. The van der Waals surface area contributed by atoms with Crippen molar-refractivity contribution in [3.05, 3.63) is 77.4 Å². The summed E-state index contributed by atoms with van der Waals surface area (Å²) in [6, 6.07) is 12.4. The summed E-state index contributed by atoms with van der Waals surface area (Å²) in [6.07, 6.45) is -1.56. The van der Waals surface area contributed by atoms with Gasteiger partial charge in [0.1, 0.15) is 17.1 Å². The number of amides is 1. The average Bonchev–Trinajstić information content (AvgIpc) is 3.55. The Morgan fingerprint density at radius 1 is 0.973 bits per heavy atom. The molecule has 2 aliphatic heterocycles. The van der Waals surface area contributed by atoms with Gasteiger partial charge in [-0.05, 0) is 48.0 Å². The Hall–Kier alpha value is -4.12. The summed E-state index contributed by atoms with van der Waals surface area (Å²) in [4.78, 5) is 21.8. The minimum atomic E-state index is -2.84. The zero-order chi connectivity index (χ0) is 25.5. The fourth-order valence-electron chi connectivity index (χ4n) is 4.64. The average molecular weight is 509 g/mol. The Labute approximate surface area is 209 Å². The second-order valence-corrected chi connectivity index (χ2v) is 8.92. The van der Waals surface area contributed by atoms with Crippen LogP contribution in [-0.4, -0.2) is 63.3 Å². The highest BCUT2D eigenvalue weighted by atomic mass is 19.3. The molecule has 0 radical (unpaired) electrons. The van der Waals surface area contributed by atoms with Gasteiger partial charge >= 0.3 is 0 Å². The lowest BCUT2D eigenvalue weighted by atomic mass is 10.1. The van der Waals surface area contributed by atoms with Crippen molar-refractivity contribution >= 4 is 11.6 Å². The van der Waals surface area contributed by atoms with Gasteiger partial charge in [0.15, 0.2) is 17.1 Å². The molecule has 37 heavy (non-hydrogen) atoms. The minimum Gasteiger partial charge on any atom is -0.454 e. The van der Waals surface area contributed by atoms with Gasteiger partial charge in [0.05, 0.1) is 11.9 Å². The van der Waals surface area contributed by atoms with Gasteiger partial charge in [-0.3, -0.25) is 9.69 Å². The molecule has 2 aromatic heterocycles. The van der Waals surface area contributed by atoms with Crippen LogP contribution in [0.1, 0.15) is 28.0 Å². The number of piperazine rings is 1. The van der Waals surface area contributed by atoms with Crippen LogP contribution in [0.3, 0.4) is 0 Å². The molecule has 6 rings (SSSR count). The maximum Gasteiger partial charge on any atom is 0.280 e. The molecule has 8 nitrogen and oxygen atoms in total. The number of benzene rings is 2. The van der Waals surface area contributed by atoms with E-state index in [1.807, 2.05) is 18.2 Å². The van der Waals surface area contributed by atoms with E-state index in [9.17, 15) is 18.0 Å². The van der Waals surface area contributed by atoms with E-state index in [1.54, 1.807) is 4.90 Å². The molecule has 0 spiro atoms.